The van der Waals surface area contributed by atoms with Gasteiger partial charge in [0.2, 0.25) is 0 Å². The molecule has 114 valence electrons. The molecule has 1 amide bonds. The SMILES string of the molecule is Cc1cc(N)cc(C(=O)OCC(=O)NC2CCOCC2)c1. The van der Waals surface area contributed by atoms with Crippen molar-refractivity contribution < 1.29 is 19.1 Å². The number of ether oxygens (including phenoxy) is 2. The highest BCUT2D eigenvalue weighted by atomic mass is 16.5. The maximum atomic E-state index is 11.9. The third kappa shape index (κ3) is 4.75. The Kier molecular flexibility index (Phi) is 5.16. The minimum atomic E-state index is -0.549. The van der Waals surface area contributed by atoms with Gasteiger partial charge in [0.25, 0.3) is 5.91 Å². The first-order chi connectivity index (χ1) is 10.0. The summed E-state index contributed by atoms with van der Waals surface area (Å²) in [6, 6.07) is 5.06. The average molecular weight is 292 g/mol. The highest BCUT2D eigenvalue weighted by molar-refractivity contribution is 5.92. The highest BCUT2D eigenvalue weighted by Crippen LogP contribution is 2.12. The Morgan fingerprint density at radius 1 is 1.33 bits per heavy atom. The summed E-state index contributed by atoms with van der Waals surface area (Å²) < 4.78 is 10.2. The standard InChI is InChI=1S/C15H20N2O4/c1-10-6-11(8-12(16)7-10)15(19)21-9-14(18)17-13-2-4-20-5-3-13/h6-8,13H,2-5,9,16H2,1H3,(H,17,18). The molecule has 1 aromatic rings. The van der Waals surface area contributed by atoms with E-state index in [9.17, 15) is 9.59 Å². The molecule has 0 bridgehead atoms. The van der Waals surface area contributed by atoms with Gasteiger partial charge < -0.3 is 20.5 Å². The van der Waals surface area contributed by atoms with Crippen molar-refractivity contribution >= 4 is 17.6 Å². The van der Waals surface area contributed by atoms with Gasteiger partial charge in [-0.3, -0.25) is 4.79 Å². The first kappa shape index (κ1) is 15.3. The van der Waals surface area contributed by atoms with Gasteiger partial charge in [-0.05, 0) is 43.5 Å². The number of hydrogen-bond acceptors (Lipinski definition) is 5. The molecule has 6 nitrogen and oxygen atoms in total. The molecule has 0 atom stereocenters. The molecule has 0 saturated carbocycles. The second-order valence-corrected chi connectivity index (χ2v) is 5.16. The molecule has 0 aliphatic carbocycles. The lowest BCUT2D eigenvalue weighted by molar-refractivity contribution is -0.125. The van der Waals surface area contributed by atoms with Crippen LogP contribution < -0.4 is 11.1 Å². The molecule has 1 saturated heterocycles. The van der Waals surface area contributed by atoms with Crippen LogP contribution in [0.3, 0.4) is 0 Å². The number of nitrogens with one attached hydrogen (secondary N) is 1. The van der Waals surface area contributed by atoms with Crippen LogP contribution in [0.1, 0.15) is 28.8 Å². The fraction of sp³-hybridized carbons (Fsp3) is 0.467. The second kappa shape index (κ2) is 7.08. The van der Waals surface area contributed by atoms with E-state index < -0.39 is 5.97 Å². The van der Waals surface area contributed by atoms with Crippen LogP contribution in [0.2, 0.25) is 0 Å². The van der Waals surface area contributed by atoms with Gasteiger partial charge in [0.1, 0.15) is 0 Å². The number of carbonyl (C=O) groups is 2. The summed E-state index contributed by atoms with van der Waals surface area (Å²) >= 11 is 0. The van der Waals surface area contributed by atoms with Gasteiger partial charge in [0.05, 0.1) is 5.56 Å². The van der Waals surface area contributed by atoms with Crippen molar-refractivity contribution in [2.45, 2.75) is 25.8 Å². The third-order valence-corrected chi connectivity index (χ3v) is 3.26. The monoisotopic (exact) mass is 292 g/mol. The molecule has 21 heavy (non-hydrogen) atoms. The van der Waals surface area contributed by atoms with Gasteiger partial charge in [-0.1, -0.05) is 0 Å². The van der Waals surface area contributed by atoms with Crippen LogP contribution in [0.5, 0.6) is 0 Å². The lowest BCUT2D eigenvalue weighted by Gasteiger charge is -2.22. The molecule has 1 heterocycles. The number of amides is 1. The van der Waals surface area contributed by atoms with Crippen LogP contribution in [0.25, 0.3) is 0 Å². The molecule has 1 aliphatic heterocycles. The molecule has 1 aliphatic rings. The van der Waals surface area contributed by atoms with Crippen molar-refractivity contribution in [1.82, 2.24) is 5.32 Å². The van der Waals surface area contributed by atoms with E-state index in [4.69, 9.17) is 15.2 Å². The normalized spacial score (nSPS) is 15.5. The molecule has 0 unspecified atom stereocenters. The topological polar surface area (TPSA) is 90.7 Å². The minimum Gasteiger partial charge on any atom is -0.452 e. The summed E-state index contributed by atoms with van der Waals surface area (Å²) in [5, 5.41) is 2.83. The molecule has 1 aromatic carbocycles. The lowest BCUT2D eigenvalue weighted by Crippen LogP contribution is -2.41. The average Bonchev–Trinajstić information content (AvgIpc) is 2.45. The van der Waals surface area contributed by atoms with E-state index in [-0.39, 0.29) is 18.6 Å². The zero-order valence-electron chi connectivity index (χ0n) is 12.1. The van der Waals surface area contributed by atoms with E-state index in [1.54, 1.807) is 12.1 Å². The predicted octanol–water partition coefficient (Wildman–Crippen LogP) is 1.03. The molecule has 0 spiro atoms. The highest BCUT2D eigenvalue weighted by Gasteiger charge is 2.17. The number of esters is 1. The first-order valence-corrected chi connectivity index (χ1v) is 6.96. The predicted molar refractivity (Wildman–Crippen MR) is 77.9 cm³/mol. The van der Waals surface area contributed by atoms with E-state index in [0.717, 1.165) is 18.4 Å². The van der Waals surface area contributed by atoms with Gasteiger partial charge in [0, 0.05) is 24.9 Å². The molecule has 0 aromatic heterocycles. The zero-order valence-corrected chi connectivity index (χ0v) is 12.1. The largest absolute Gasteiger partial charge is 0.452 e. The van der Waals surface area contributed by atoms with Crippen molar-refractivity contribution in [3.8, 4) is 0 Å². The van der Waals surface area contributed by atoms with E-state index in [2.05, 4.69) is 5.32 Å². The Morgan fingerprint density at radius 3 is 2.71 bits per heavy atom. The van der Waals surface area contributed by atoms with Crippen molar-refractivity contribution in [2.24, 2.45) is 0 Å². The quantitative estimate of drug-likeness (QED) is 0.639. The van der Waals surface area contributed by atoms with Gasteiger partial charge in [-0.2, -0.15) is 0 Å². The van der Waals surface area contributed by atoms with E-state index in [0.29, 0.717) is 24.5 Å². The number of benzene rings is 1. The van der Waals surface area contributed by atoms with Gasteiger partial charge >= 0.3 is 5.97 Å². The van der Waals surface area contributed by atoms with Crippen LogP contribution in [-0.4, -0.2) is 37.7 Å². The Balaban J connectivity index is 1.81. The fourth-order valence-electron chi connectivity index (χ4n) is 2.26. The summed E-state index contributed by atoms with van der Waals surface area (Å²) in [6.45, 7) is 2.84. The summed E-state index contributed by atoms with van der Waals surface area (Å²) in [5.41, 5.74) is 7.39. The fourth-order valence-corrected chi connectivity index (χ4v) is 2.26. The van der Waals surface area contributed by atoms with Crippen molar-refractivity contribution in [3.05, 3.63) is 29.3 Å². The molecule has 2 rings (SSSR count). The first-order valence-electron chi connectivity index (χ1n) is 6.96. The van der Waals surface area contributed by atoms with Crippen LogP contribution in [0.15, 0.2) is 18.2 Å². The number of nitrogens with two attached hydrogens (primary N) is 1. The van der Waals surface area contributed by atoms with Crippen LogP contribution >= 0.6 is 0 Å². The number of hydrogen-bond donors (Lipinski definition) is 2. The molecule has 3 N–H and O–H groups in total. The molecule has 1 fully saturated rings. The van der Waals surface area contributed by atoms with Crippen molar-refractivity contribution in [1.29, 1.82) is 0 Å². The second-order valence-electron chi connectivity index (χ2n) is 5.16. The van der Waals surface area contributed by atoms with Gasteiger partial charge in [0.15, 0.2) is 6.61 Å². The summed E-state index contributed by atoms with van der Waals surface area (Å²) in [7, 11) is 0. The van der Waals surface area contributed by atoms with Crippen molar-refractivity contribution in [3.63, 3.8) is 0 Å². The third-order valence-electron chi connectivity index (χ3n) is 3.26. The molecule has 0 radical (unpaired) electrons. The summed E-state index contributed by atoms with van der Waals surface area (Å²) in [4.78, 5) is 23.6. The van der Waals surface area contributed by atoms with Crippen LogP contribution in [-0.2, 0) is 14.3 Å². The maximum Gasteiger partial charge on any atom is 0.338 e. The minimum absolute atomic E-state index is 0.0968. The number of anilines is 1. The zero-order chi connectivity index (χ0) is 15.2. The molecular weight excluding hydrogens is 272 g/mol. The van der Waals surface area contributed by atoms with Crippen LogP contribution in [0.4, 0.5) is 5.69 Å². The molecular formula is C15H20N2O4. The van der Waals surface area contributed by atoms with E-state index >= 15 is 0 Å². The Bertz CT molecular complexity index is 504. The Labute approximate surface area is 123 Å². The number of carbonyl (C=O) groups excluding carboxylic acids is 2. The Hall–Kier alpha value is -2.08. The lowest BCUT2D eigenvalue weighted by atomic mass is 10.1. The summed E-state index contributed by atoms with van der Waals surface area (Å²) in [5.74, 6) is -0.844. The molecule has 6 heteroatoms. The van der Waals surface area contributed by atoms with Gasteiger partial charge in [-0.15, -0.1) is 0 Å². The number of rotatable bonds is 4. The van der Waals surface area contributed by atoms with Gasteiger partial charge in [-0.25, -0.2) is 4.79 Å². The van der Waals surface area contributed by atoms with Crippen LogP contribution in [0, 0.1) is 6.92 Å². The smallest absolute Gasteiger partial charge is 0.338 e. The summed E-state index contributed by atoms with van der Waals surface area (Å²) in [6.07, 6.45) is 1.57. The van der Waals surface area contributed by atoms with E-state index in [1.165, 1.54) is 6.07 Å². The van der Waals surface area contributed by atoms with E-state index in [1.807, 2.05) is 6.92 Å². The number of aryl methyl sites for hydroxylation is 1. The van der Waals surface area contributed by atoms with Crippen molar-refractivity contribution in [2.75, 3.05) is 25.6 Å². The maximum absolute atomic E-state index is 11.9. The Morgan fingerprint density at radius 2 is 2.05 bits per heavy atom. The number of nitrogen functional groups attached to an aromatic ring is 1.